The number of hydrogen-bond acceptors (Lipinski definition) is 4. The monoisotopic (exact) mass is 341 g/mol. The molecule has 24 heavy (non-hydrogen) atoms. The third-order valence-electron chi connectivity index (χ3n) is 3.48. The fourth-order valence-electron chi connectivity index (χ4n) is 2.26. The van der Waals surface area contributed by atoms with Crippen LogP contribution in [0.1, 0.15) is 12.0 Å². The second kappa shape index (κ2) is 7.14. The van der Waals surface area contributed by atoms with Crippen molar-refractivity contribution in [1.82, 2.24) is 15.2 Å². The lowest BCUT2D eigenvalue weighted by Crippen LogP contribution is -2.12. The number of carbonyl (C=O) groups excluding carboxylic acids is 1. The Hall–Kier alpha value is -2.86. The van der Waals surface area contributed by atoms with Gasteiger partial charge in [-0.3, -0.25) is 9.89 Å². The predicted octanol–water partition coefficient (Wildman–Crippen LogP) is 3.28. The smallest absolute Gasteiger partial charge is 0.225 e. The first kappa shape index (κ1) is 16.0. The van der Waals surface area contributed by atoms with E-state index >= 15 is 0 Å². The molecule has 1 amide bonds. The van der Waals surface area contributed by atoms with E-state index in [4.69, 9.17) is 17.3 Å². The molecule has 3 aromatic rings. The van der Waals surface area contributed by atoms with E-state index in [1.807, 2.05) is 24.3 Å². The molecule has 0 saturated heterocycles. The second-order valence-corrected chi connectivity index (χ2v) is 5.75. The van der Waals surface area contributed by atoms with Crippen LogP contribution < -0.4 is 11.1 Å². The van der Waals surface area contributed by atoms with E-state index in [1.165, 1.54) is 0 Å². The molecule has 0 aliphatic rings. The first-order valence-corrected chi connectivity index (χ1v) is 7.79. The van der Waals surface area contributed by atoms with Gasteiger partial charge in [-0.05, 0) is 36.2 Å². The van der Waals surface area contributed by atoms with Crippen LogP contribution in [0.2, 0.25) is 5.02 Å². The first-order chi connectivity index (χ1) is 11.6. The molecule has 122 valence electrons. The van der Waals surface area contributed by atoms with Crippen LogP contribution in [-0.2, 0) is 11.2 Å². The summed E-state index contributed by atoms with van der Waals surface area (Å²) >= 11 is 5.84. The molecule has 3 rings (SSSR count). The number of halogens is 1. The minimum atomic E-state index is -0.0885. The van der Waals surface area contributed by atoms with Gasteiger partial charge in [0.25, 0.3) is 0 Å². The lowest BCUT2D eigenvalue weighted by molar-refractivity contribution is -0.116. The Morgan fingerprint density at radius 2 is 2.00 bits per heavy atom. The predicted molar refractivity (Wildman–Crippen MR) is 94.6 cm³/mol. The van der Waals surface area contributed by atoms with E-state index in [2.05, 4.69) is 20.5 Å². The highest BCUT2D eigenvalue weighted by molar-refractivity contribution is 6.30. The fourth-order valence-corrected chi connectivity index (χ4v) is 2.39. The van der Waals surface area contributed by atoms with Crippen molar-refractivity contribution in [3.63, 3.8) is 0 Å². The number of amides is 1. The van der Waals surface area contributed by atoms with Crippen molar-refractivity contribution >= 4 is 29.1 Å². The Balaban J connectivity index is 1.58. The normalized spacial score (nSPS) is 10.5. The van der Waals surface area contributed by atoms with Crippen LogP contribution in [0.3, 0.4) is 0 Å². The van der Waals surface area contributed by atoms with Gasteiger partial charge in [0.05, 0.1) is 5.69 Å². The molecule has 0 aliphatic heterocycles. The summed E-state index contributed by atoms with van der Waals surface area (Å²) in [5.41, 5.74) is 8.25. The van der Waals surface area contributed by atoms with Gasteiger partial charge < -0.3 is 11.1 Å². The zero-order valence-electron chi connectivity index (χ0n) is 12.8. The zero-order valence-corrected chi connectivity index (χ0v) is 13.5. The standard InChI is InChI=1S/C17H16ClN5O/c18-13-4-1-11(2-5-13)3-6-17(24)21-16-10-14(22-23-16)12-7-8-20-15(19)9-12/h1-2,4-5,7-10H,3,6H2,(H2,19,20)(H2,21,22,23,24). The largest absolute Gasteiger partial charge is 0.384 e. The minimum Gasteiger partial charge on any atom is -0.384 e. The molecule has 0 unspecified atom stereocenters. The first-order valence-electron chi connectivity index (χ1n) is 7.42. The summed E-state index contributed by atoms with van der Waals surface area (Å²) in [6.07, 6.45) is 2.63. The van der Waals surface area contributed by atoms with E-state index in [0.717, 1.165) is 11.1 Å². The van der Waals surface area contributed by atoms with E-state index in [1.54, 1.807) is 24.4 Å². The molecule has 2 aromatic heterocycles. The number of benzene rings is 1. The van der Waals surface area contributed by atoms with Crippen molar-refractivity contribution in [2.75, 3.05) is 11.1 Å². The maximum Gasteiger partial charge on any atom is 0.225 e. The molecule has 0 saturated carbocycles. The van der Waals surface area contributed by atoms with Gasteiger partial charge in [0.1, 0.15) is 11.6 Å². The highest BCUT2D eigenvalue weighted by atomic mass is 35.5. The molecule has 0 radical (unpaired) electrons. The van der Waals surface area contributed by atoms with Crippen LogP contribution in [0.15, 0.2) is 48.7 Å². The van der Waals surface area contributed by atoms with E-state index in [-0.39, 0.29) is 5.91 Å². The molecule has 7 heteroatoms. The highest BCUT2D eigenvalue weighted by Gasteiger charge is 2.08. The number of aromatic nitrogens is 3. The Morgan fingerprint density at radius 3 is 2.75 bits per heavy atom. The minimum absolute atomic E-state index is 0.0885. The molecule has 0 bridgehead atoms. The fraction of sp³-hybridized carbons (Fsp3) is 0.118. The lowest BCUT2D eigenvalue weighted by atomic mass is 10.1. The maximum absolute atomic E-state index is 12.0. The van der Waals surface area contributed by atoms with Crippen molar-refractivity contribution in [1.29, 1.82) is 0 Å². The molecular formula is C17H16ClN5O. The number of aryl methyl sites for hydroxylation is 1. The van der Waals surface area contributed by atoms with E-state index in [9.17, 15) is 4.79 Å². The summed E-state index contributed by atoms with van der Waals surface area (Å²) in [4.78, 5) is 16.0. The topological polar surface area (TPSA) is 96.7 Å². The second-order valence-electron chi connectivity index (χ2n) is 5.31. The summed E-state index contributed by atoms with van der Waals surface area (Å²) < 4.78 is 0. The van der Waals surface area contributed by atoms with Crippen molar-refractivity contribution in [2.24, 2.45) is 0 Å². The number of carbonyl (C=O) groups is 1. The van der Waals surface area contributed by atoms with Crippen molar-refractivity contribution in [3.8, 4) is 11.3 Å². The number of nitrogen functional groups attached to an aromatic ring is 1. The highest BCUT2D eigenvalue weighted by Crippen LogP contribution is 2.20. The number of nitrogens with zero attached hydrogens (tertiary/aromatic N) is 2. The van der Waals surface area contributed by atoms with Crippen LogP contribution in [0, 0.1) is 0 Å². The number of aromatic amines is 1. The summed E-state index contributed by atoms with van der Waals surface area (Å²) in [6, 6.07) is 12.7. The van der Waals surface area contributed by atoms with Crippen molar-refractivity contribution in [3.05, 3.63) is 59.2 Å². The van der Waals surface area contributed by atoms with Gasteiger partial charge in [-0.15, -0.1) is 0 Å². The van der Waals surface area contributed by atoms with Gasteiger partial charge in [-0.25, -0.2) is 4.98 Å². The Kier molecular flexibility index (Phi) is 4.77. The SMILES string of the molecule is Nc1cc(-c2cc(NC(=O)CCc3ccc(Cl)cc3)[nH]n2)ccn1. The van der Waals surface area contributed by atoms with Crippen LogP contribution in [0.25, 0.3) is 11.3 Å². The molecule has 1 aromatic carbocycles. The number of H-pyrrole nitrogens is 1. The molecule has 0 spiro atoms. The van der Waals surface area contributed by atoms with Crippen LogP contribution in [0.5, 0.6) is 0 Å². The quantitative estimate of drug-likeness (QED) is 0.663. The molecular weight excluding hydrogens is 326 g/mol. The lowest BCUT2D eigenvalue weighted by Gasteiger charge is -2.03. The molecule has 6 nitrogen and oxygen atoms in total. The van der Waals surface area contributed by atoms with Crippen molar-refractivity contribution in [2.45, 2.75) is 12.8 Å². The van der Waals surface area contributed by atoms with Crippen LogP contribution >= 0.6 is 11.6 Å². The van der Waals surface area contributed by atoms with Gasteiger partial charge in [0.15, 0.2) is 0 Å². The van der Waals surface area contributed by atoms with Gasteiger partial charge in [-0.1, -0.05) is 23.7 Å². The zero-order chi connectivity index (χ0) is 16.9. The third-order valence-corrected chi connectivity index (χ3v) is 3.73. The third kappa shape index (κ3) is 4.11. The van der Waals surface area contributed by atoms with E-state index in [0.29, 0.717) is 35.2 Å². The molecule has 0 atom stereocenters. The number of nitrogens with two attached hydrogens (primary N) is 1. The summed E-state index contributed by atoms with van der Waals surface area (Å²) in [5.74, 6) is 0.875. The van der Waals surface area contributed by atoms with Crippen LogP contribution in [0.4, 0.5) is 11.6 Å². The average molecular weight is 342 g/mol. The number of anilines is 2. The van der Waals surface area contributed by atoms with Gasteiger partial charge in [-0.2, -0.15) is 5.10 Å². The Bertz CT molecular complexity index is 844. The van der Waals surface area contributed by atoms with Gasteiger partial charge in [0.2, 0.25) is 5.91 Å². The maximum atomic E-state index is 12.0. The molecule has 4 N–H and O–H groups in total. The van der Waals surface area contributed by atoms with Gasteiger partial charge in [0, 0.05) is 29.3 Å². The molecule has 0 aliphatic carbocycles. The molecule has 0 fully saturated rings. The number of pyridine rings is 1. The summed E-state index contributed by atoms with van der Waals surface area (Å²) in [5, 5.41) is 10.5. The number of nitrogens with one attached hydrogen (secondary N) is 2. The Labute approximate surface area is 144 Å². The molecule has 2 heterocycles. The van der Waals surface area contributed by atoms with E-state index < -0.39 is 0 Å². The number of rotatable bonds is 5. The number of hydrogen-bond donors (Lipinski definition) is 3. The van der Waals surface area contributed by atoms with Crippen LogP contribution in [-0.4, -0.2) is 21.1 Å². The summed E-state index contributed by atoms with van der Waals surface area (Å²) in [7, 11) is 0. The van der Waals surface area contributed by atoms with Crippen molar-refractivity contribution < 1.29 is 4.79 Å². The Morgan fingerprint density at radius 1 is 1.21 bits per heavy atom. The summed E-state index contributed by atoms with van der Waals surface area (Å²) in [6.45, 7) is 0. The average Bonchev–Trinajstić information content (AvgIpc) is 3.03. The van der Waals surface area contributed by atoms with Gasteiger partial charge >= 0.3 is 0 Å².